The molecule has 18 heavy (non-hydrogen) atoms. The fraction of sp³-hybridized carbons (Fsp3) is 0. The van der Waals surface area contributed by atoms with E-state index in [2.05, 4.69) is 5.92 Å². The van der Waals surface area contributed by atoms with Gasteiger partial charge in [0, 0.05) is 11.1 Å². The highest BCUT2D eigenvalue weighted by Crippen LogP contribution is 2.30. The molecule has 1 aliphatic carbocycles. The van der Waals surface area contributed by atoms with Crippen LogP contribution in [0.15, 0.2) is 52.9 Å². The van der Waals surface area contributed by atoms with E-state index in [1.165, 1.54) is 6.07 Å². The molecule has 0 radical (unpaired) electrons. The molecule has 0 fully saturated rings. The van der Waals surface area contributed by atoms with Crippen molar-refractivity contribution in [2.75, 3.05) is 0 Å². The van der Waals surface area contributed by atoms with Crippen molar-refractivity contribution in [3.63, 3.8) is 0 Å². The molecular formula is C16H9FO. The Bertz CT molecular complexity index is 718. The first-order valence-corrected chi connectivity index (χ1v) is 5.53. The molecular weight excluding hydrogens is 227 g/mol. The van der Waals surface area contributed by atoms with Crippen molar-refractivity contribution >= 4 is 0 Å². The predicted octanol–water partition coefficient (Wildman–Crippen LogP) is 4.17. The second-order valence-corrected chi connectivity index (χ2v) is 3.98. The Morgan fingerprint density at radius 3 is 2.56 bits per heavy atom. The summed E-state index contributed by atoms with van der Waals surface area (Å²) in [4.78, 5) is 0. The first kappa shape index (κ1) is 10.6. The number of fused-ring (bicyclic) bond motifs is 1. The molecule has 0 spiro atoms. The summed E-state index contributed by atoms with van der Waals surface area (Å²) >= 11 is 0. The normalized spacial score (nSPS) is 10.4. The Kier molecular flexibility index (Phi) is 2.39. The first-order chi connectivity index (χ1) is 8.78. The molecule has 0 saturated carbocycles. The van der Waals surface area contributed by atoms with Gasteiger partial charge in [0.2, 0.25) is 0 Å². The van der Waals surface area contributed by atoms with Gasteiger partial charge in [-0.2, -0.15) is 0 Å². The van der Waals surface area contributed by atoms with Crippen LogP contribution in [-0.4, -0.2) is 0 Å². The number of terminal acetylenes is 1. The van der Waals surface area contributed by atoms with Crippen molar-refractivity contribution < 1.29 is 8.81 Å². The lowest BCUT2D eigenvalue weighted by atomic mass is 10.1. The zero-order valence-electron chi connectivity index (χ0n) is 9.48. The van der Waals surface area contributed by atoms with Gasteiger partial charge < -0.3 is 4.42 Å². The average molecular weight is 236 g/mol. The van der Waals surface area contributed by atoms with E-state index in [0.29, 0.717) is 5.76 Å². The quantitative estimate of drug-likeness (QED) is 0.578. The van der Waals surface area contributed by atoms with Gasteiger partial charge in [-0.05, 0) is 36.4 Å². The highest BCUT2D eigenvalue weighted by atomic mass is 19.1. The van der Waals surface area contributed by atoms with Gasteiger partial charge in [-0.15, -0.1) is 6.42 Å². The maximum Gasteiger partial charge on any atom is 0.138 e. The van der Waals surface area contributed by atoms with Gasteiger partial charge >= 0.3 is 0 Å². The third-order valence-electron chi connectivity index (χ3n) is 2.85. The molecule has 1 aliphatic heterocycles. The Morgan fingerprint density at radius 1 is 0.944 bits per heavy atom. The fourth-order valence-electron chi connectivity index (χ4n) is 1.91. The standard InChI is InChI=1S/C16H9FO/c1-2-11-10-13(6-8-14(11)17)16-9-7-12-4-3-5-15(12)18-16/h1,3-10H. The van der Waals surface area contributed by atoms with Gasteiger partial charge in [-0.25, -0.2) is 4.39 Å². The molecule has 3 rings (SSSR count). The van der Waals surface area contributed by atoms with E-state index in [1.807, 2.05) is 30.3 Å². The summed E-state index contributed by atoms with van der Waals surface area (Å²) in [5.41, 5.74) is 2.05. The van der Waals surface area contributed by atoms with Gasteiger partial charge in [0.15, 0.2) is 0 Å². The smallest absolute Gasteiger partial charge is 0.138 e. The Hall–Kier alpha value is -2.53. The largest absolute Gasteiger partial charge is 0.456 e. The molecule has 0 aromatic heterocycles. The molecule has 0 atom stereocenters. The van der Waals surface area contributed by atoms with Crippen LogP contribution >= 0.6 is 0 Å². The molecule has 1 aromatic carbocycles. The second-order valence-electron chi connectivity index (χ2n) is 3.98. The van der Waals surface area contributed by atoms with Crippen LogP contribution in [0.4, 0.5) is 4.39 Å². The van der Waals surface area contributed by atoms with Crippen molar-refractivity contribution in [1.82, 2.24) is 0 Å². The minimum Gasteiger partial charge on any atom is -0.456 e. The van der Waals surface area contributed by atoms with Gasteiger partial charge in [0.05, 0.1) is 5.56 Å². The first-order valence-electron chi connectivity index (χ1n) is 5.53. The lowest BCUT2D eigenvalue weighted by Crippen LogP contribution is -1.86. The number of hydrogen-bond acceptors (Lipinski definition) is 1. The van der Waals surface area contributed by atoms with E-state index in [1.54, 1.807) is 12.1 Å². The van der Waals surface area contributed by atoms with E-state index in [9.17, 15) is 4.39 Å². The molecule has 0 amide bonds. The molecule has 2 aliphatic rings. The molecule has 1 heterocycles. The van der Waals surface area contributed by atoms with E-state index < -0.39 is 5.82 Å². The summed E-state index contributed by atoms with van der Waals surface area (Å²) in [6, 6.07) is 14.2. The molecule has 2 heteroatoms. The maximum atomic E-state index is 13.3. The van der Waals surface area contributed by atoms with E-state index in [-0.39, 0.29) is 5.56 Å². The third-order valence-corrected chi connectivity index (χ3v) is 2.85. The van der Waals surface area contributed by atoms with Crippen LogP contribution < -0.4 is 0 Å². The van der Waals surface area contributed by atoms with Crippen LogP contribution in [-0.2, 0) is 0 Å². The summed E-state index contributed by atoms with van der Waals surface area (Å²) in [6.07, 6.45) is 5.25. The zero-order valence-corrected chi connectivity index (χ0v) is 9.48. The Balaban J connectivity index is 2.15. The monoisotopic (exact) mass is 236 g/mol. The Morgan fingerprint density at radius 2 is 1.72 bits per heavy atom. The number of halogens is 1. The summed E-state index contributed by atoms with van der Waals surface area (Å²) in [7, 11) is 0. The lowest BCUT2D eigenvalue weighted by Gasteiger charge is -2.05. The van der Waals surface area contributed by atoms with E-state index in [4.69, 9.17) is 10.8 Å². The lowest BCUT2D eigenvalue weighted by molar-refractivity contribution is 0.582. The highest BCUT2D eigenvalue weighted by molar-refractivity contribution is 5.67. The van der Waals surface area contributed by atoms with E-state index >= 15 is 0 Å². The van der Waals surface area contributed by atoms with Gasteiger partial charge in [0.25, 0.3) is 0 Å². The van der Waals surface area contributed by atoms with Crippen LogP contribution in [0, 0.1) is 18.2 Å². The van der Waals surface area contributed by atoms with Crippen molar-refractivity contribution in [3.05, 3.63) is 59.9 Å². The van der Waals surface area contributed by atoms with E-state index in [0.717, 1.165) is 16.9 Å². The molecule has 86 valence electrons. The number of hydrogen-bond donors (Lipinski definition) is 0. The topological polar surface area (TPSA) is 13.1 Å². The third kappa shape index (κ3) is 1.66. The zero-order chi connectivity index (χ0) is 12.5. The summed E-state index contributed by atoms with van der Waals surface area (Å²) in [5, 5.41) is 0. The van der Waals surface area contributed by atoms with Crippen molar-refractivity contribution in [1.29, 1.82) is 0 Å². The average Bonchev–Trinajstić information content (AvgIpc) is 2.86. The molecule has 0 bridgehead atoms. The summed E-state index contributed by atoms with van der Waals surface area (Å²) in [5.74, 6) is 3.40. The van der Waals surface area contributed by atoms with Crippen molar-refractivity contribution in [2.45, 2.75) is 0 Å². The van der Waals surface area contributed by atoms with Crippen LogP contribution in [0.25, 0.3) is 22.6 Å². The highest BCUT2D eigenvalue weighted by Gasteiger charge is 2.09. The number of benzene rings is 1. The van der Waals surface area contributed by atoms with Crippen LogP contribution in [0.1, 0.15) is 5.56 Å². The SMILES string of the molecule is C#Cc1cc(-c2ccc3cccc-3o2)ccc1F. The van der Waals surface area contributed by atoms with Crippen molar-refractivity contribution in [3.8, 4) is 35.0 Å². The van der Waals surface area contributed by atoms with Crippen LogP contribution in [0.5, 0.6) is 0 Å². The van der Waals surface area contributed by atoms with Gasteiger partial charge in [-0.1, -0.05) is 18.1 Å². The van der Waals surface area contributed by atoms with Gasteiger partial charge in [-0.3, -0.25) is 0 Å². The second kappa shape index (κ2) is 4.05. The van der Waals surface area contributed by atoms with Crippen LogP contribution in [0.3, 0.4) is 0 Å². The summed E-state index contributed by atoms with van der Waals surface area (Å²) < 4.78 is 19.1. The minimum absolute atomic E-state index is 0.241. The van der Waals surface area contributed by atoms with Crippen LogP contribution in [0.2, 0.25) is 0 Å². The predicted molar refractivity (Wildman–Crippen MR) is 68.7 cm³/mol. The molecule has 1 aromatic rings. The molecule has 1 nitrogen and oxygen atoms in total. The fourth-order valence-corrected chi connectivity index (χ4v) is 1.91. The summed E-state index contributed by atoms with van der Waals surface area (Å²) in [6.45, 7) is 0. The van der Waals surface area contributed by atoms with Crippen molar-refractivity contribution in [2.24, 2.45) is 0 Å². The molecule has 0 saturated heterocycles. The Labute approximate surface area is 104 Å². The van der Waals surface area contributed by atoms with Gasteiger partial charge in [0.1, 0.15) is 17.3 Å². The number of rotatable bonds is 1. The minimum atomic E-state index is -0.393. The molecule has 0 N–H and O–H groups in total. The molecule has 0 unspecified atom stereocenters. The maximum absolute atomic E-state index is 13.3.